The second kappa shape index (κ2) is 11.2. The molecule has 0 spiro atoms. The quantitative estimate of drug-likeness (QED) is 0.618. The highest BCUT2D eigenvalue weighted by atomic mass is 79.9. The van der Waals surface area contributed by atoms with Gasteiger partial charge in [0, 0.05) is 51.0 Å². The van der Waals surface area contributed by atoms with E-state index in [4.69, 9.17) is 15.2 Å². The highest BCUT2D eigenvalue weighted by molar-refractivity contribution is 9.10. The van der Waals surface area contributed by atoms with Crippen LogP contribution < -0.4 is 5.73 Å². The van der Waals surface area contributed by atoms with Crippen molar-refractivity contribution in [2.45, 2.75) is 18.9 Å². The summed E-state index contributed by atoms with van der Waals surface area (Å²) < 4.78 is 11.4. The van der Waals surface area contributed by atoms with E-state index in [9.17, 15) is 0 Å². The molecule has 0 radical (unpaired) electrons. The van der Waals surface area contributed by atoms with E-state index in [1.165, 1.54) is 5.56 Å². The maximum Gasteiger partial charge on any atom is 0.0589 e. The molecule has 0 heterocycles. The Bertz CT molecular complexity index is 390. The third-order valence-corrected chi connectivity index (χ3v) is 4.22. The van der Waals surface area contributed by atoms with Gasteiger partial charge in [0.1, 0.15) is 0 Å². The van der Waals surface area contributed by atoms with E-state index in [1.54, 1.807) is 14.2 Å². The molecule has 0 aliphatic heterocycles. The van der Waals surface area contributed by atoms with Gasteiger partial charge in [-0.3, -0.25) is 0 Å². The van der Waals surface area contributed by atoms with Gasteiger partial charge in [0.15, 0.2) is 0 Å². The Morgan fingerprint density at radius 3 is 2.48 bits per heavy atom. The van der Waals surface area contributed by atoms with Crippen LogP contribution >= 0.6 is 15.9 Å². The van der Waals surface area contributed by atoms with Gasteiger partial charge >= 0.3 is 0 Å². The van der Waals surface area contributed by atoms with E-state index in [0.29, 0.717) is 0 Å². The molecule has 120 valence electrons. The molecule has 0 aliphatic rings. The summed E-state index contributed by atoms with van der Waals surface area (Å²) in [6.45, 7) is 4.45. The number of ether oxygens (including phenoxy) is 2. The topological polar surface area (TPSA) is 47.7 Å². The predicted octanol–water partition coefficient (Wildman–Crippen LogP) is 2.82. The standard InChI is InChI=1S/C16H27BrN2O2/c1-20-12-5-9-19(11-13-21-2)10-8-16(18)14-6-3-4-7-15(14)17/h3-4,6-7,16H,5,8-13,18H2,1-2H3. The van der Waals surface area contributed by atoms with E-state index >= 15 is 0 Å². The Hall–Kier alpha value is -0.460. The lowest BCUT2D eigenvalue weighted by Crippen LogP contribution is -2.32. The van der Waals surface area contributed by atoms with Crippen LogP contribution in [0.1, 0.15) is 24.4 Å². The smallest absolute Gasteiger partial charge is 0.0589 e. The zero-order valence-electron chi connectivity index (χ0n) is 13.1. The van der Waals surface area contributed by atoms with Crippen molar-refractivity contribution in [2.75, 3.05) is 47.1 Å². The Morgan fingerprint density at radius 2 is 1.81 bits per heavy atom. The van der Waals surface area contributed by atoms with Crippen LogP contribution in [0.2, 0.25) is 0 Å². The zero-order chi connectivity index (χ0) is 15.5. The summed E-state index contributed by atoms with van der Waals surface area (Å²) in [4.78, 5) is 2.39. The minimum atomic E-state index is 0.0491. The summed E-state index contributed by atoms with van der Waals surface area (Å²) >= 11 is 3.57. The van der Waals surface area contributed by atoms with Gasteiger partial charge in [-0.2, -0.15) is 0 Å². The summed E-state index contributed by atoms with van der Waals surface area (Å²) in [6, 6.07) is 8.21. The molecule has 1 aromatic carbocycles. The van der Waals surface area contributed by atoms with Crippen LogP contribution in [0, 0.1) is 0 Å². The molecule has 0 saturated heterocycles. The SMILES string of the molecule is COCCCN(CCOC)CCC(N)c1ccccc1Br. The molecule has 1 unspecified atom stereocenters. The molecular weight excluding hydrogens is 332 g/mol. The first-order valence-electron chi connectivity index (χ1n) is 7.39. The van der Waals surface area contributed by atoms with Crippen LogP contribution in [0.5, 0.6) is 0 Å². The van der Waals surface area contributed by atoms with Gasteiger partial charge in [-0.15, -0.1) is 0 Å². The molecular formula is C16H27BrN2O2. The number of nitrogens with zero attached hydrogens (tertiary/aromatic N) is 1. The normalized spacial score (nSPS) is 12.8. The lowest BCUT2D eigenvalue weighted by atomic mass is 10.0. The first kappa shape index (κ1) is 18.6. The molecule has 4 nitrogen and oxygen atoms in total. The van der Waals surface area contributed by atoms with Crippen molar-refractivity contribution >= 4 is 15.9 Å². The first-order chi connectivity index (χ1) is 10.2. The van der Waals surface area contributed by atoms with Crippen molar-refractivity contribution in [3.8, 4) is 0 Å². The van der Waals surface area contributed by atoms with E-state index in [-0.39, 0.29) is 6.04 Å². The second-order valence-corrected chi connectivity index (χ2v) is 5.95. The maximum atomic E-state index is 6.32. The van der Waals surface area contributed by atoms with Gasteiger partial charge in [-0.05, 0) is 24.5 Å². The summed E-state index contributed by atoms with van der Waals surface area (Å²) in [5.41, 5.74) is 7.48. The van der Waals surface area contributed by atoms with Crippen LogP contribution in [0.4, 0.5) is 0 Å². The number of methoxy groups -OCH3 is 2. The van der Waals surface area contributed by atoms with E-state index in [2.05, 4.69) is 26.9 Å². The molecule has 0 aliphatic carbocycles. The van der Waals surface area contributed by atoms with Gasteiger partial charge in [-0.1, -0.05) is 34.1 Å². The molecule has 1 aromatic rings. The lowest BCUT2D eigenvalue weighted by Gasteiger charge is -2.24. The fraction of sp³-hybridized carbons (Fsp3) is 0.625. The highest BCUT2D eigenvalue weighted by Gasteiger charge is 2.12. The third-order valence-electron chi connectivity index (χ3n) is 3.50. The molecule has 0 aromatic heterocycles. The molecule has 0 amide bonds. The second-order valence-electron chi connectivity index (χ2n) is 5.10. The zero-order valence-corrected chi connectivity index (χ0v) is 14.6. The van der Waals surface area contributed by atoms with Crippen molar-refractivity contribution in [3.05, 3.63) is 34.3 Å². The van der Waals surface area contributed by atoms with Crippen LogP contribution in [0.3, 0.4) is 0 Å². The fourth-order valence-corrected chi connectivity index (χ4v) is 2.82. The fourth-order valence-electron chi connectivity index (χ4n) is 2.24. The van der Waals surface area contributed by atoms with Gasteiger partial charge in [0.05, 0.1) is 6.61 Å². The summed E-state index contributed by atoms with van der Waals surface area (Å²) in [5, 5.41) is 0. The van der Waals surface area contributed by atoms with Crippen molar-refractivity contribution in [2.24, 2.45) is 5.73 Å². The van der Waals surface area contributed by atoms with E-state index in [0.717, 1.165) is 50.2 Å². The van der Waals surface area contributed by atoms with Gasteiger partial charge < -0.3 is 20.1 Å². The molecule has 1 atom stereocenters. The largest absolute Gasteiger partial charge is 0.385 e. The summed E-state index contributed by atoms with van der Waals surface area (Å²) in [6.07, 6.45) is 1.96. The van der Waals surface area contributed by atoms with Crippen LogP contribution in [-0.2, 0) is 9.47 Å². The summed E-state index contributed by atoms with van der Waals surface area (Å²) in [7, 11) is 3.47. The predicted molar refractivity (Wildman–Crippen MR) is 90.5 cm³/mol. The maximum absolute atomic E-state index is 6.32. The van der Waals surface area contributed by atoms with Gasteiger partial charge in [0.25, 0.3) is 0 Å². The number of halogens is 1. The number of nitrogens with two attached hydrogens (primary N) is 1. The Balaban J connectivity index is 2.45. The van der Waals surface area contributed by atoms with Crippen LogP contribution in [0.15, 0.2) is 28.7 Å². The molecule has 0 fully saturated rings. The minimum Gasteiger partial charge on any atom is -0.385 e. The monoisotopic (exact) mass is 358 g/mol. The van der Waals surface area contributed by atoms with Crippen LogP contribution in [0.25, 0.3) is 0 Å². The number of rotatable bonds is 11. The van der Waals surface area contributed by atoms with E-state index in [1.807, 2.05) is 18.2 Å². The van der Waals surface area contributed by atoms with Crippen molar-refractivity contribution in [3.63, 3.8) is 0 Å². The molecule has 0 bridgehead atoms. The number of hydrogen-bond donors (Lipinski definition) is 1. The van der Waals surface area contributed by atoms with Crippen molar-refractivity contribution in [1.29, 1.82) is 0 Å². The Labute approximate surface area is 136 Å². The third kappa shape index (κ3) is 7.38. The molecule has 21 heavy (non-hydrogen) atoms. The molecule has 2 N–H and O–H groups in total. The Morgan fingerprint density at radius 1 is 1.10 bits per heavy atom. The minimum absolute atomic E-state index is 0.0491. The highest BCUT2D eigenvalue weighted by Crippen LogP contribution is 2.23. The van der Waals surface area contributed by atoms with Gasteiger partial charge in [0.2, 0.25) is 0 Å². The summed E-state index contributed by atoms with van der Waals surface area (Å²) in [5.74, 6) is 0. The average Bonchev–Trinajstić information content (AvgIpc) is 2.49. The number of benzene rings is 1. The van der Waals surface area contributed by atoms with Crippen LogP contribution in [-0.4, -0.2) is 52.0 Å². The number of hydrogen-bond acceptors (Lipinski definition) is 4. The first-order valence-corrected chi connectivity index (χ1v) is 8.18. The van der Waals surface area contributed by atoms with Crippen molar-refractivity contribution < 1.29 is 9.47 Å². The average molecular weight is 359 g/mol. The van der Waals surface area contributed by atoms with Crippen molar-refractivity contribution in [1.82, 2.24) is 4.90 Å². The van der Waals surface area contributed by atoms with Gasteiger partial charge in [-0.25, -0.2) is 0 Å². The lowest BCUT2D eigenvalue weighted by molar-refractivity contribution is 0.131. The molecule has 1 rings (SSSR count). The molecule has 5 heteroatoms. The van der Waals surface area contributed by atoms with E-state index < -0.39 is 0 Å². The molecule has 0 saturated carbocycles. The Kier molecular flexibility index (Phi) is 9.87.